The molecule has 5 heteroatoms. The van der Waals surface area contributed by atoms with E-state index in [1.807, 2.05) is 13.8 Å². The fourth-order valence-corrected chi connectivity index (χ4v) is 2.44. The van der Waals surface area contributed by atoms with Crippen molar-refractivity contribution in [3.05, 3.63) is 23.8 Å². The highest BCUT2D eigenvalue weighted by Crippen LogP contribution is 2.29. The number of imide groups is 1. The summed E-state index contributed by atoms with van der Waals surface area (Å²) in [7, 11) is 0. The lowest BCUT2D eigenvalue weighted by Gasteiger charge is -2.28. The van der Waals surface area contributed by atoms with E-state index < -0.39 is 0 Å². The molecule has 0 atom stereocenters. The Morgan fingerprint density at radius 1 is 1.30 bits per heavy atom. The van der Waals surface area contributed by atoms with Gasteiger partial charge in [-0.3, -0.25) is 14.5 Å². The number of amides is 2. The smallest absolute Gasteiger partial charge is 0.234 e. The van der Waals surface area contributed by atoms with Crippen LogP contribution >= 0.6 is 0 Å². The van der Waals surface area contributed by atoms with Crippen LogP contribution in [0.1, 0.15) is 32.3 Å². The van der Waals surface area contributed by atoms with Gasteiger partial charge in [-0.05, 0) is 31.0 Å². The molecule has 2 N–H and O–H groups in total. The summed E-state index contributed by atoms with van der Waals surface area (Å²) in [6, 6.07) is 5.26. The summed E-state index contributed by atoms with van der Waals surface area (Å²) in [6.45, 7) is 4.66. The van der Waals surface area contributed by atoms with Crippen molar-refractivity contribution >= 4 is 17.5 Å². The molecule has 0 bridgehead atoms. The van der Waals surface area contributed by atoms with E-state index in [0.717, 1.165) is 5.56 Å². The van der Waals surface area contributed by atoms with Crippen molar-refractivity contribution in [2.75, 3.05) is 11.5 Å². The number of anilines is 1. The number of hydrogen-bond donors (Lipinski definition) is 1. The predicted octanol–water partition coefficient (Wildman–Crippen LogP) is 1.83. The summed E-state index contributed by atoms with van der Waals surface area (Å²) in [4.78, 5) is 25.4. The van der Waals surface area contributed by atoms with Crippen molar-refractivity contribution in [2.24, 2.45) is 11.7 Å². The zero-order valence-corrected chi connectivity index (χ0v) is 11.9. The van der Waals surface area contributed by atoms with Gasteiger partial charge in [0, 0.05) is 24.9 Å². The molecular weight excluding hydrogens is 256 g/mol. The first-order valence-electron chi connectivity index (χ1n) is 6.88. The molecule has 1 heterocycles. The molecule has 5 nitrogen and oxygen atoms in total. The van der Waals surface area contributed by atoms with E-state index in [0.29, 0.717) is 37.4 Å². The van der Waals surface area contributed by atoms with Crippen LogP contribution in [0.4, 0.5) is 5.69 Å². The summed E-state index contributed by atoms with van der Waals surface area (Å²) in [5, 5.41) is 0. The highest BCUT2D eigenvalue weighted by Gasteiger charge is 2.31. The van der Waals surface area contributed by atoms with Gasteiger partial charge in [0.2, 0.25) is 11.8 Å². The van der Waals surface area contributed by atoms with Gasteiger partial charge in [-0.1, -0.05) is 6.92 Å². The van der Waals surface area contributed by atoms with Crippen molar-refractivity contribution < 1.29 is 14.3 Å². The molecule has 0 unspecified atom stereocenters. The summed E-state index contributed by atoms with van der Waals surface area (Å²) in [5.74, 6) is 0.508. The molecule has 0 spiro atoms. The van der Waals surface area contributed by atoms with Crippen LogP contribution in [0.3, 0.4) is 0 Å². The van der Waals surface area contributed by atoms with Gasteiger partial charge in [-0.15, -0.1) is 0 Å². The summed E-state index contributed by atoms with van der Waals surface area (Å²) >= 11 is 0. The van der Waals surface area contributed by atoms with E-state index in [-0.39, 0.29) is 17.7 Å². The van der Waals surface area contributed by atoms with Crippen LogP contribution in [0.15, 0.2) is 18.2 Å². The molecule has 20 heavy (non-hydrogen) atoms. The molecule has 1 fully saturated rings. The second-order valence-electron chi connectivity index (χ2n) is 5.07. The van der Waals surface area contributed by atoms with Crippen LogP contribution in [-0.4, -0.2) is 18.4 Å². The third-order valence-corrected chi connectivity index (χ3v) is 3.37. The Morgan fingerprint density at radius 3 is 2.50 bits per heavy atom. The lowest BCUT2D eigenvalue weighted by molar-refractivity contribution is -0.130. The second-order valence-corrected chi connectivity index (χ2v) is 5.07. The Morgan fingerprint density at radius 2 is 1.95 bits per heavy atom. The van der Waals surface area contributed by atoms with E-state index in [1.165, 1.54) is 4.90 Å². The monoisotopic (exact) mass is 276 g/mol. The first kappa shape index (κ1) is 14.5. The zero-order chi connectivity index (χ0) is 14.7. The number of nitrogens with two attached hydrogens (primary N) is 1. The SMILES string of the molecule is CCOc1ccc(N2C(=O)CC(C)CC2=O)cc1CN. The first-order chi connectivity index (χ1) is 9.56. The molecule has 2 amide bonds. The predicted molar refractivity (Wildman–Crippen MR) is 76.4 cm³/mol. The van der Waals surface area contributed by atoms with Gasteiger partial charge >= 0.3 is 0 Å². The topological polar surface area (TPSA) is 72.6 Å². The van der Waals surface area contributed by atoms with Crippen LogP contribution in [0.2, 0.25) is 0 Å². The van der Waals surface area contributed by atoms with Gasteiger partial charge in [0.15, 0.2) is 0 Å². The molecule has 1 aliphatic heterocycles. The maximum atomic E-state index is 12.1. The Balaban J connectivity index is 2.32. The molecule has 1 aromatic carbocycles. The van der Waals surface area contributed by atoms with E-state index >= 15 is 0 Å². The van der Waals surface area contributed by atoms with Crippen molar-refractivity contribution in [3.63, 3.8) is 0 Å². The zero-order valence-electron chi connectivity index (χ0n) is 11.9. The van der Waals surface area contributed by atoms with E-state index in [4.69, 9.17) is 10.5 Å². The molecule has 1 aromatic rings. The molecule has 2 rings (SSSR count). The van der Waals surface area contributed by atoms with Gasteiger partial charge in [-0.25, -0.2) is 0 Å². The largest absolute Gasteiger partial charge is 0.494 e. The summed E-state index contributed by atoms with van der Waals surface area (Å²) in [5.41, 5.74) is 7.08. The number of piperidine rings is 1. The minimum Gasteiger partial charge on any atom is -0.494 e. The van der Waals surface area contributed by atoms with Crippen LogP contribution in [-0.2, 0) is 16.1 Å². The number of benzene rings is 1. The lowest BCUT2D eigenvalue weighted by atomic mass is 9.97. The molecule has 1 saturated heterocycles. The van der Waals surface area contributed by atoms with Gasteiger partial charge in [0.25, 0.3) is 0 Å². The van der Waals surface area contributed by atoms with Crippen LogP contribution in [0.5, 0.6) is 5.75 Å². The number of rotatable bonds is 4. The Kier molecular flexibility index (Phi) is 4.39. The average molecular weight is 276 g/mol. The quantitative estimate of drug-likeness (QED) is 0.852. The summed E-state index contributed by atoms with van der Waals surface area (Å²) in [6.07, 6.45) is 0.799. The maximum absolute atomic E-state index is 12.1. The van der Waals surface area contributed by atoms with Crippen molar-refractivity contribution in [2.45, 2.75) is 33.2 Å². The second kappa shape index (κ2) is 6.05. The fraction of sp³-hybridized carbons (Fsp3) is 0.467. The highest BCUT2D eigenvalue weighted by molar-refractivity contribution is 6.16. The molecule has 1 aliphatic rings. The van der Waals surface area contributed by atoms with Gasteiger partial charge in [-0.2, -0.15) is 0 Å². The Hall–Kier alpha value is -1.88. The van der Waals surface area contributed by atoms with E-state index in [9.17, 15) is 9.59 Å². The first-order valence-corrected chi connectivity index (χ1v) is 6.88. The summed E-state index contributed by atoms with van der Waals surface area (Å²) < 4.78 is 5.47. The van der Waals surface area contributed by atoms with Crippen LogP contribution in [0, 0.1) is 5.92 Å². The number of hydrogen-bond acceptors (Lipinski definition) is 4. The van der Waals surface area contributed by atoms with Crippen LogP contribution in [0.25, 0.3) is 0 Å². The Bertz CT molecular complexity index is 510. The van der Waals surface area contributed by atoms with Gasteiger partial charge in [0.05, 0.1) is 12.3 Å². The third-order valence-electron chi connectivity index (χ3n) is 3.37. The molecular formula is C15H20N2O3. The number of carbonyl (C=O) groups excluding carboxylic acids is 2. The van der Waals surface area contributed by atoms with E-state index in [2.05, 4.69) is 0 Å². The normalized spacial score (nSPS) is 16.6. The number of ether oxygens (including phenoxy) is 1. The number of carbonyl (C=O) groups is 2. The minimum atomic E-state index is -0.152. The third kappa shape index (κ3) is 2.82. The van der Waals surface area contributed by atoms with E-state index in [1.54, 1.807) is 18.2 Å². The molecule has 108 valence electrons. The van der Waals surface area contributed by atoms with Gasteiger partial charge < -0.3 is 10.5 Å². The van der Waals surface area contributed by atoms with Crippen molar-refractivity contribution in [3.8, 4) is 5.75 Å². The molecule has 0 saturated carbocycles. The Labute approximate surface area is 118 Å². The minimum absolute atomic E-state index is 0.114. The molecule has 0 aromatic heterocycles. The molecule has 0 aliphatic carbocycles. The van der Waals surface area contributed by atoms with Crippen molar-refractivity contribution in [1.29, 1.82) is 0 Å². The fourth-order valence-electron chi connectivity index (χ4n) is 2.44. The highest BCUT2D eigenvalue weighted by atomic mass is 16.5. The van der Waals surface area contributed by atoms with Crippen LogP contribution < -0.4 is 15.4 Å². The number of nitrogens with zero attached hydrogens (tertiary/aromatic N) is 1. The molecule has 0 radical (unpaired) electrons. The van der Waals surface area contributed by atoms with Crippen molar-refractivity contribution in [1.82, 2.24) is 0 Å². The maximum Gasteiger partial charge on any atom is 0.234 e. The van der Waals surface area contributed by atoms with Gasteiger partial charge in [0.1, 0.15) is 5.75 Å². The average Bonchev–Trinajstić information content (AvgIpc) is 2.39. The standard InChI is InChI=1S/C15H20N2O3/c1-3-20-13-5-4-12(8-11(13)9-16)17-14(18)6-10(2)7-15(17)19/h4-5,8,10H,3,6-7,9,16H2,1-2H3. The lowest BCUT2D eigenvalue weighted by Crippen LogP contribution is -2.42.